The van der Waals surface area contributed by atoms with Crippen molar-refractivity contribution in [3.63, 3.8) is 0 Å². The molecule has 3 N–H and O–H groups in total. The van der Waals surface area contributed by atoms with Gasteiger partial charge in [-0.15, -0.1) is 0 Å². The van der Waals surface area contributed by atoms with Gasteiger partial charge < -0.3 is 15.4 Å². The number of aromatic nitrogens is 2. The van der Waals surface area contributed by atoms with E-state index in [0.717, 1.165) is 6.42 Å². The molecular formula is C9H14ClN3O2. The Morgan fingerprint density at radius 3 is 3.13 bits per heavy atom. The Hall–Kier alpha value is -1.07. The molecular weight excluding hydrogens is 218 g/mol. The Bertz CT molecular complexity index is 367. The number of anilines is 1. The molecule has 15 heavy (non-hydrogen) atoms. The Morgan fingerprint density at radius 1 is 1.73 bits per heavy atom. The normalized spacial score (nSPS) is 12.5. The van der Waals surface area contributed by atoms with Crippen LogP contribution in [0, 0.1) is 0 Å². The third-order valence-corrected chi connectivity index (χ3v) is 2.27. The van der Waals surface area contributed by atoms with Crippen LogP contribution in [0.2, 0.25) is 5.02 Å². The van der Waals surface area contributed by atoms with Crippen molar-refractivity contribution in [2.45, 2.75) is 25.9 Å². The average molecular weight is 232 g/mol. The van der Waals surface area contributed by atoms with E-state index in [1.165, 1.54) is 6.33 Å². The van der Waals surface area contributed by atoms with E-state index >= 15 is 0 Å². The molecule has 0 spiro atoms. The van der Waals surface area contributed by atoms with Gasteiger partial charge in [-0.05, 0) is 6.42 Å². The third-order valence-electron chi connectivity index (χ3n) is 1.92. The summed E-state index contributed by atoms with van der Waals surface area (Å²) in [5, 5.41) is 12.3. The highest BCUT2D eigenvalue weighted by Gasteiger charge is 2.07. The van der Waals surface area contributed by atoms with Gasteiger partial charge in [-0.25, -0.2) is 4.98 Å². The molecule has 0 saturated carbocycles. The average Bonchev–Trinajstić information content (AvgIpc) is 2.21. The van der Waals surface area contributed by atoms with Crippen LogP contribution in [-0.2, 0) is 0 Å². The zero-order chi connectivity index (χ0) is 11.3. The van der Waals surface area contributed by atoms with Gasteiger partial charge in [-0.2, -0.15) is 0 Å². The summed E-state index contributed by atoms with van der Waals surface area (Å²) in [4.78, 5) is 17.3. The molecule has 0 aromatic carbocycles. The van der Waals surface area contributed by atoms with Gasteiger partial charge >= 0.3 is 0 Å². The lowest BCUT2D eigenvalue weighted by molar-refractivity contribution is 0.176. The summed E-state index contributed by atoms with van der Waals surface area (Å²) in [6, 6.07) is 0. The monoisotopic (exact) mass is 231 g/mol. The maximum absolute atomic E-state index is 11.1. The minimum atomic E-state index is -0.452. The number of nitrogens with one attached hydrogen (secondary N) is 2. The van der Waals surface area contributed by atoms with E-state index in [2.05, 4.69) is 15.3 Å². The van der Waals surface area contributed by atoms with Crippen LogP contribution in [0.3, 0.4) is 0 Å². The van der Waals surface area contributed by atoms with E-state index in [9.17, 15) is 9.90 Å². The van der Waals surface area contributed by atoms with Gasteiger partial charge in [0.15, 0.2) is 5.82 Å². The summed E-state index contributed by atoms with van der Waals surface area (Å²) in [5.74, 6) is 0.301. The zero-order valence-electron chi connectivity index (χ0n) is 8.46. The fourth-order valence-corrected chi connectivity index (χ4v) is 1.33. The zero-order valence-corrected chi connectivity index (χ0v) is 9.21. The first-order valence-corrected chi connectivity index (χ1v) is 5.18. The molecule has 84 valence electrons. The molecule has 1 unspecified atom stereocenters. The number of aliphatic hydroxyl groups is 1. The maximum atomic E-state index is 11.1. The summed E-state index contributed by atoms with van der Waals surface area (Å²) < 4.78 is 0. The number of halogens is 1. The molecule has 1 rings (SSSR count). The second kappa shape index (κ2) is 5.72. The maximum Gasteiger partial charge on any atom is 0.271 e. The lowest BCUT2D eigenvalue weighted by atomic mass is 10.2. The predicted octanol–water partition coefficient (Wildman–Crippen LogP) is 0.996. The molecule has 0 radical (unpaired) electrons. The van der Waals surface area contributed by atoms with Crippen molar-refractivity contribution in [2.24, 2.45) is 0 Å². The van der Waals surface area contributed by atoms with E-state index in [1.807, 2.05) is 6.92 Å². The number of nitrogens with zero attached hydrogens (tertiary/aromatic N) is 1. The highest BCUT2D eigenvalue weighted by atomic mass is 35.5. The van der Waals surface area contributed by atoms with Gasteiger partial charge in [-0.1, -0.05) is 24.9 Å². The van der Waals surface area contributed by atoms with E-state index in [-0.39, 0.29) is 10.6 Å². The van der Waals surface area contributed by atoms with E-state index < -0.39 is 6.10 Å². The lowest BCUT2D eigenvalue weighted by Gasteiger charge is -2.11. The molecule has 0 amide bonds. The van der Waals surface area contributed by atoms with Gasteiger partial charge in [0.1, 0.15) is 5.02 Å². The second-order valence-electron chi connectivity index (χ2n) is 3.22. The fraction of sp³-hybridized carbons (Fsp3) is 0.556. The van der Waals surface area contributed by atoms with Crippen molar-refractivity contribution >= 4 is 17.4 Å². The van der Waals surface area contributed by atoms with Gasteiger partial charge in [0.2, 0.25) is 0 Å². The SMILES string of the molecule is CCCC(O)CNc1nc[nH]c(=O)c1Cl. The molecule has 6 heteroatoms. The van der Waals surface area contributed by atoms with Gasteiger partial charge in [-0.3, -0.25) is 4.79 Å². The Kier molecular flexibility index (Phi) is 4.58. The van der Waals surface area contributed by atoms with Crippen LogP contribution in [0.1, 0.15) is 19.8 Å². The standard InChI is InChI=1S/C9H14ClN3O2/c1-2-3-6(14)4-11-8-7(10)9(15)13-5-12-8/h5-6,14H,2-4H2,1H3,(H2,11,12,13,15). The van der Waals surface area contributed by atoms with Crippen LogP contribution in [0.15, 0.2) is 11.1 Å². The molecule has 5 nitrogen and oxygen atoms in total. The molecule has 0 aliphatic rings. The van der Waals surface area contributed by atoms with Gasteiger partial charge in [0.25, 0.3) is 5.56 Å². The molecule has 1 aromatic rings. The molecule has 0 saturated heterocycles. The van der Waals surface area contributed by atoms with Crippen molar-refractivity contribution < 1.29 is 5.11 Å². The number of H-pyrrole nitrogens is 1. The minimum absolute atomic E-state index is 0.0150. The highest BCUT2D eigenvalue weighted by molar-refractivity contribution is 6.32. The first-order chi connectivity index (χ1) is 7.15. The van der Waals surface area contributed by atoms with Crippen molar-refractivity contribution in [3.8, 4) is 0 Å². The van der Waals surface area contributed by atoms with Crippen LogP contribution < -0.4 is 10.9 Å². The summed E-state index contributed by atoms with van der Waals surface area (Å²) in [5.41, 5.74) is -0.390. The number of hydrogen-bond donors (Lipinski definition) is 3. The summed E-state index contributed by atoms with van der Waals surface area (Å²) in [7, 11) is 0. The van der Waals surface area contributed by atoms with Crippen molar-refractivity contribution in [2.75, 3.05) is 11.9 Å². The molecule has 1 atom stereocenters. The molecule has 0 fully saturated rings. The van der Waals surface area contributed by atoms with Crippen molar-refractivity contribution in [1.82, 2.24) is 9.97 Å². The van der Waals surface area contributed by atoms with Crippen LogP contribution in [0.25, 0.3) is 0 Å². The Labute approximate surface area is 92.5 Å². The second-order valence-corrected chi connectivity index (χ2v) is 3.60. The first kappa shape index (κ1) is 12.0. The number of aliphatic hydroxyl groups excluding tert-OH is 1. The Balaban J connectivity index is 2.58. The molecule has 1 aromatic heterocycles. The molecule has 0 bridgehead atoms. The lowest BCUT2D eigenvalue weighted by Crippen LogP contribution is -2.21. The summed E-state index contributed by atoms with van der Waals surface area (Å²) in [6.07, 6.45) is 2.42. The van der Waals surface area contributed by atoms with E-state index in [4.69, 9.17) is 11.6 Å². The van der Waals surface area contributed by atoms with Gasteiger partial charge in [0, 0.05) is 6.54 Å². The molecule has 1 heterocycles. The topological polar surface area (TPSA) is 78.0 Å². The van der Waals surface area contributed by atoms with Crippen molar-refractivity contribution in [3.05, 3.63) is 21.7 Å². The van der Waals surface area contributed by atoms with E-state index in [0.29, 0.717) is 18.8 Å². The quantitative estimate of drug-likeness (QED) is 0.707. The summed E-state index contributed by atoms with van der Waals surface area (Å²) in [6.45, 7) is 2.33. The minimum Gasteiger partial charge on any atom is -0.391 e. The van der Waals surface area contributed by atoms with E-state index in [1.54, 1.807) is 0 Å². The fourth-order valence-electron chi connectivity index (χ4n) is 1.16. The Morgan fingerprint density at radius 2 is 2.47 bits per heavy atom. The number of rotatable bonds is 5. The summed E-state index contributed by atoms with van der Waals surface area (Å²) >= 11 is 5.70. The van der Waals surface area contributed by atoms with Gasteiger partial charge in [0.05, 0.1) is 12.4 Å². The number of aromatic amines is 1. The first-order valence-electron chi connectivity index (χ1n) is 4.80. The van der Waals surface area contributed by atoms with Crippen LogP contribution >= 0.6 is 11.6 Å². The predicted molar refractivity (Wildman–Crippen MR) is 59.3 cm³/mol. The van der Waals surface area contributed by atoms with Crippen molar-refractivity contribution in [1.29, 1.82) is 0 Å². The van der Waals surface area contributed by atoms with Crippen LogP contribution in [0.5, 0.6) is 0 Å². The molecule has 0 aliphatic carbocycles. The van der Waals surface area contributed by atoms with Crippen LogP contribution in [-0.4, -0.2) is 27.7 Å². The smallest absolute Gasteiger partial charge is 0.271 e. The van der Waals surface area contributed by atoms with Crippen LogP contribution in [0.4, 0.5) is 5.82 Å². The third kappa shape index (κ3) is 3.53. The largest absolute Gasteiger partial charge is 0.391 e. The molecule has 0 aliphatic heterocycles. The highest BCUT2D eigenvalue weighted by Crippen LogP contribution is 2.12. The number of hydrogen-bond acceptors (Lipinski definition) is 4.